The number of Topliss-reactive ketones (excluding diaryl/α,β-unsaturated/α-hetero) is 1. The molecule has 0 aliphatic heterocycles. The molecular formula is C16H17NO. The predicted octanol–water partition coefficient (Wildman–Crippen LogP) is 3.57. The fraction of sp³-hybridized carbons (Fsp3) is 0.250. The highest BCUT2D eigenvalue weighted by atomic mass is 16.1. The smallest absolute Gasteiger partial charge is 0.164 e. The number of aromatic nitrogens is 1. The third-order valence-corrected chi connectivity index (χ3v) is 3.18. The molecule has 2 heteroatoms. The van der Waals surface area contributed by atoms with Crippen LogP contribution in [-0.2, 0) is 6.42 Å². The van der Waals surface area contributed by atoms with E-state index >= 15 is 0 Å². The van der Waals surface area contributed by atoms with Crippen molar-refractivity contribution in [3.05, 3.63) is 65.0 Å². The van der Waals surface area contributed by atoms with Crippen LogP contribution in [0, 0.1) is 6.92 Å². The highest BCUT2D eigenvalue weighted by Gasteiger charge is 2.10. The van der Waals surface area contributed by atoms with E-state index < -0.39 is 0 Å². The summed E-state index contributed by atoms with van der Waals surface area (Å²) in [5, 5.41) is 0. The van der Waals surface area contributed by atoms with E-state index in [2.05, 4.69) is 17.1 Å². The molecule has 1 heterocycles. The van der Waals surface area contributed by atoms with Crippen molar-refractivity contribution >= 4 is 5.78 Å². The Morgan fingerprint density at radius 3 is 2.56 bits per heavy atom. The fourth-order valence-electron chi connectivity index (χ4n) is 2.03. The number of benzene rings is 1. The van der Waals surface area contributed by atoms with Gasteiger partial charge in [0.2, 0.25) is 0 Å². The molecule has 0 saturated carbocycles. The highest BCUT2D eigenvalue weighted by Crippen LogP contribution is 2.17. The molecule has 0 spiro atoms. The van der Waals surface area contributed by atoms with Crippen LogP contribution in [0.15, 0.2) is 42.7 Å². The lowest BCUT2D eigenvalue weighted by atomic mass is 9.97. The summed E-state index contributed by atoms with van der Waals surface area (Å²) in [6, 6.07) is 10.2. The molecule has 1 aromatic carbocycles. The Morgan fingerprint density at radius 2 is 1.89 bits per heavy atom. The first kappa shape index (κ1) is 12.5. The van der Waals surface area contributed by atoms with Gasteiger partial charge in [0.15, 0.2) is 5.78 Å². The third-order valence-electron chi connectivity index (χ3n) is 3.18. The monoisotopic (exact) mass is 239 g/mol. The lowest BCUT2D eigenvalue weighted by Crippen LogP contribution is -2.04. The van der Waals surface area contributed by atoms with Gasteiger partial charge in [-0.25, -0.2) is 0 Å². The summed E-state index contributed by atoms with van der Waals surface area (Å²) in [4.78, 5) is 16.0. The van der Waals surface area contributed by atoms with Gasteiger partial charge in [-0.2, -0.15) is 0 Å². The Bertz CT molecular complexity index is 546. The first-order valence-electron chi connectivity index (χ1n) is 6.23. The van der Waals surface area contributed by atoms with Crippen LogP contribution in [0.25, 0.3) is 0 Å². The van der Waals surface area contributed by atoms with Crippen molar-refractivity contribution < 1.29 is 4.79 Å². The lowest BCUT2D eigenvalue weighted by Gasteiger charge is -2.09. The average molecular weight is 239 g/mol. The van der Waals surface area contributed by atoms with Gasteiger partial charge in [0.05, 0.1) is 0 Å². The zero-order chi connectivity index (χ0) is 13.0. The van der Waals surface area contributed by atoms with Gasteiger partial charge in [-0.15, -0.1) is 0 Å². The van der Waals surface area contributed by atoms with Crippen LogP contribution in [0.2, 0.25) is 0 Å². The molecule has 92 valence electrons. The Hall–Kier alpha value is -1.96. The molecule has 0 aliphatic rings. The molecule has 0 atom stereocenters. The zero-order valence-corrected chi connectivity index (χ0v) is 10.8. The second-order valence-corrected chi connectivity index (χ2v) is 4.41. The number of nitrogens with zero attached hydrogens (tertiary/aromatic N) is 1. The minimum atomic E-state index is 0.162. The van der Waals surface area contributed by atoms with Gasteiger partial charge in [0, 0.05) is 24.4 Å². The van der Waals surface area contributed by atoms with Crippen molar-refractivity contribution in [1.82, 2.24) is 4.98 Å². The maximum Gasteiger partial charge on any atom is 0.164 e. The minimum Gasteiger partial charge on any atom is -0.294 e. The maximum absolute atomic E-state index is 11.8. The molecule has 0 amide bonds. The van der Waals surface area contributed by atoms with Gasteiger partial charge in [-0.1, -0.05) is 37.3 Å². The van der Waals surface area contributed by atoms with Crippen molar-refractivity contribution in [1.29, 1.82) is 0 Å². The summed E-state index contributed by atoms with van der Waals surface area (Å²) >= 11 is 0. The van der Waals surface area contributed by atoms with E-state index in [0.717, 1.165) is 23.1 Å². The van der Waals surface area contributed by atoms with Crippen molar-refractivity contribution in [3.63, 3.8) is 0 Å². The second kappa shape index (κ2) is 5.58. The molecule has 1 aromatic heterocycles. The molecule has 2 rings (SSSR count). The van der Waals surface area contributed by atoms with Gasteiger partial charge in [-0.3, -0.25) is 9.78 Å². The molecule has 0 aliphatic carbocycles. The Balaban J connectivity index is 2.32. The van der Waals surface area contributed by atoms with E-state index in [0.29, 0.717) is 6.42 Å². The molecule has 0 unspecified atom stereocenters. The molecule has 0 bridgehead atoms. The summed E-state index contributed by atoms with van der Waals surface area (Å²) in [5.41, 5.74) is 4.18. The SMILES string of the molecule is CCC(=O)c1cncc(Cc2ccccc2)c1C. The molecule has 0 N–H and O–H groups in total. The number of rotatable bonds is 4. The van der Waals surface area contributed by atoms with Crippen LogP contribution >= 0.6 is 0 Å². The van der Waals surface area contributed by atoms with Crippen LogP contribution in [0.5, 0.6) is 0 Å². The summed E-state index contributed by atoms with van der Waals surface area (Å²) in [6.45, 7) is 3.88. The van der Waals surface area contributed by atoms with Crippen LogP contribution in [0.4, 0.5) is 0 Å². The Kier molecular flexibility index (Phi) is 3.88. The molecule has 0 fully saturated rings. The van der Waals surface area contributed by atoms with Gasteiger partial charge in [0.25, 0.3) is 0 Å². The summed E-state index contributed by atoms with van der Waals surface area (Å²) < 4.78 is 0. The molecule has 18 heavy (non-hydrogen) atoms. The van der Waals surface area contributed by atoms with Gasteiger partial charge < -0.3 is 0 Å². The topological polar surface area (TPSA) is 30.0 Å². The summed E-state index contributed by atoms with van der Waals surface area (Å²) in [5.74, 6) is 0.162. The van der Waals surface area contributed by atoms with Gasteiger partial charge >= 0.3 is 0 Å². The standard InChI is InChI=1S/C16H17NO/c1-3-16(18)15-11-17-10-14(12(15)2)9-13-7-5-4-6-8-13/h4-8,10-11H,3,9H2,1-2H3. The van der Waals surface area contributed by atoms with Crippen LogP contribution in [-0.4, -0.2) is 10.8 Å². The Labute approximate surface area is 108 Å². The Morgan fingerprint density at radius 1 is 1.17 bits per heavy atom. The second-order valence-electron chi connectivity index (χ2n) is 4.41. The van der Waals surface area contributed by atoms with Crippen molar-refractivity contribution in [2.45, 2.75) is 26.7 Å². The van der Waals surface area contributed by atoms with Crippen molar-refractivity contribution in [3.8, 4) is 0 Å². The number of ketones is 1. The first-order valence-corrected chi connectivity index (χ1v) is 6.23. The predicted molar refractivity (Wildman–Crippen MR) is 72.8 cm³/mol. The normalized spacial score (nSPS) is 10.3. The zero-order valence-electron chi connectivity index (χ0n) is 10.8. The van der Waals surface area contributed by atoms with E-state index in [1.54, 1.807) is 6.20 Å². The molecule has 0 saturated heterocycles. The van der Waals surface area contributed by atoms with Crippen LogP contribution in [0.1, 0.15) is 40.4 Å². The van der Waals surface area contributed by atoms with Crippen LogP contribution in [0.3, 0.4) is 0 Å². The van der Waals surface area contributed by atoms with Crippen LogP contribution < -0.4 is 0 Å². The number of carbonyl (C=O) groups excluding carboxylic acids is 1. The third kappa shape index (κ3) is 2.65. The van der Waals surface area contributed by atoms with E-state index in [1.807, 2.05) is 38.2 Å². The minimum absolute atomic E-state index is 0.162. The lowest BCUT2D eigenvalue weighted by molar-refractivity contribution is 0.0987. The molecule has 0 radical (unpaired) electrons. The van der Waals surface area contributed by atoms with Crippen molar-refractivity contribution in [2.24, 2.45) is 0 Å². The molecular weight excluding hydrogens is 222 g/mol. The van der Waals surface area contributed by atoms with Gasteiger partial charge in [0.1, 0.15) is 0 Å². The van der Waals surface area contributed by atoms with Crippen molar-refractivity contribution in [2.75, 3.05) is 0 Å². The largest absolute Gasteiger partial charge is 0.294 e. The summed E-state index contributed by atoms with van der Waals surface area (Å²) in [6.07, 6.45) is 4.88. The highest BCUT2D eigenvalue weighted by molar-refractivity contribution is 5.97. The van der Waals surface area contributed by atoms with E-state index in [4.69, 9.17) is 0 Å². The van der Waals surface area contributed by atoms with E-state index in [-0.39, 0.29) is 5.78 Å². The van der Waals surface area contributed by atoms with E-state index in [9.17, 15) is 4.79 Å². The molecule has 2 aromatic rings. The van der Waals surface area contributed by atoms with Gasteiger partial charge in [-0.05, 0) is 30.0 Å². The number of hydrogen-bond acceptors (Lipinski definition) is 2. The summed E-state index contributed by atoms with van der Waals surface area (Å²) in [7, 11) is 0. The van der Waals surface area contributed by atoms with E-state index in [1.165, 1.54) is 5.56 Å². The number of carbonyl (C=O) groups is 1. The average Bonchev–Trinajstić information content (AvgIpc) is 2.41. The maximum atomic E-state index is 11.8. The number of hydrogen-bond donors (Lipinski definition) is 0. The number of pyridine rings is 1. The molecule has 2 nitrogen and oxygen atoms in total. The quantitative estimate of drug-likeness (QED) is 0.763. The first-order chi connectivity index (χ1) is 8.72. The fourth-order valence-corrected chi connectivity index (χ4v) is 2.03.